The predicted octanol–water partition coefficient (Wildman–Crippen LogP) is -0.00390. The van der Waals surface area contributed by atoms with Gasteiger partial charge in [0.1, 0.15) is 0 Å². The van der Waals surface area contributed by atoms with E-state index in [1.165, 1.54) is 6.08 Å². The molecule has 1 saturated heterocycles. The van der Waals surface area contributed by atoms with Crippen LogP contribution in [-0.2, 0) is 4.79 Å². The Labute approximate surface area is 78.8 Å². The minimum absolute atomic E-state index is 0.0262. The lowest BCUT2D eigenvalue weighted by Gasteiger charge is -2.34. The van der Waals surface area contributed by atoms with Gasteiger partial charge in [-0.05, 0) is 6.08 Å². The van der Waals surface area contributed by atoms with Crippen molar-refractivity contribution in [2.75, 3.05) is 19.6 Å². The standard InChI is InChI=1S/C10H14N2O/c1-3-5-9-8-11-6-7-12(9)10(13)4-2/h1,4,9,11H,2,5-8H2. The van der Waals surface area contributed by atoms with Gasteiger partial charge in [-0.2, -0.15) is 0 Å². The van der Waals surface area contributed by atoms with Gasteiger partial charge in [0.05, 0.1) is 6.04 Å². The average Bonchev–Trinajstić information content (AvgIpc) is 2.18. The molecule has 0 aliphatic carbocycles. The quantitative estimate of drug-likeness (QED) is 0.476. The van der Waals surface area contributed by atoms with Crippen LogP contribution in [-0.4, -0.2) is 36.5 Å². The number of rotatable bonds is 2. The number of amides is 1. The molecule has 0 aromatic heterocycles. The number of carbonyl (C=O) groups excluding carboxylic acids is 1. The van der Waals surface area contributed by atoms with Crippen LogP contribution in [0.2, 0.25) is 0 Å². The van der Waals surface area contributed by atoms with Crippen LogP contribution in [0.25, 0.3) is 0 Å². The van der Waals surface area contributed by atoms with Gasteiger partial charge in [0, 0.05) is 26.1 Å². The van der Waals surface area contributed by atoms with Gasteiger partial charge in [0.25, 0.3) is 0 Å². The van der Waals surface area contributed by atoms with Gasteiger partial charge < -0.3 is 10.2 Å². The fourth-order valence-electron chi connectivity index (χ4n) is 1.49. The summed E-state index contributed by atoms with van der Waals surface area (Å²) in [4.78, 5) is 13.1. The van der Waals surface area contributed by atoms with E-state index < -0.39 is 0 Å². The highest BCUT2D eigenvalue weighted by molar-refractivity contribution is 5.87. The summed E-state index contributed by atoms with van der Waals surface area (Å²) in [5.74, 6) is 2.55. The zero-order valence-electron chi connectivity index (χ0n) is 7.62. The third-order valence-electron chi connectivity index (χ3n) is 2.16. The Morgan fingerprint density at radius 3 is 3.23 bits per heavy atom. The van der Waals surface area contributed by atoms with Crippen LogP contribution in [0.4, 0.5) is 0 Å². The molecule has 70 valence electrons. The van der Waals surface area contributed by atoms with Crippen molar-refractivity contribution < 1.29 is 4.79 Å². The molecule has 1 fully saturated rings. The summed E-state index contributed by atoms with van der Waals surface area (Å²) in [5.41, 5.74) is 0. The van der Waals surface area contributed by atoms with Crippen molar-refractivity contribution in [2.45, 2.75) is 12.5 Å². The normalized spacial score (nSPS) is 22.1. The molecule has 1 rings (SSSR count). The fraction of sp³-hybridized carbons (Fsp3) is 0.500. The molecule has 0 aromatic carbocycles. The SMILES string of the molecule is C#CCC1CNCCN1C(=O)C=C. The molecule has 1 aliphatic heterocycles. The third kappa shape index (κ3) is 2.33. The van der Waals surface area contributed by atoms with E-state index in [0.717, 1.165) is 19.6 Å². The average molecular weight is 178 g/mol. The molecule has 13 heavy (non-hydrogen) atoms. The first-order valence-corrected chi connectivity index (χ1v) is 4.36. The second-order valence-electron chi connectivity index (χ2n) is 3.00. The first-order chi connectivity index (χ1) is 6.29. The van der Waals surface area contributed by atoms with Gasteiger partial charge in [-0.1, -0.05) is 6.58 Å². The third-order valence-corrected chi connectivity index (χ3v) is 2.16. The maximum atomic E-state index is 11.4. The van der Waals surface area contributed by atoms with E-state index >= 15 is 0 Å². The Kier molecular flexibility index (Phi) is 3.53. The summed E-state index contributed by atoms with van der Waals surface area (Å²) in [6.45, 7) is 5.80. The molecular formula is C10H14N2O. The van der Waals surface area contributed by atoms with Crippen molar-refractivity contribution >= 4 is 5.91 Å². The van der Waals surface area contributed by atoms with Crippen LogP contribution in [0.15, 0.2) is 12.7 Å². The maximum Gasteiger partial charge on any atom is 0.246 e. The second kappa shape index (κ2) is 4.68. The Morgan fingerprint density at radius 2 is 2.62 bits per heavy atom. The predicted molar refractivity (Wildman–Crippen MR) is 52.0 cm³/mol. The molecule has 0 spiro atoms. The van der Waals surface area contributed by atoms with Crippen LogP contribution in [0.1, 0.15) is 6.42 Å². The molecule has 0 aromatic rings. The number of nitrogens with zero attached hydrogens (tertiary/aromatic N) is 1. The second-order valence-corrected chi connectivity index (χ2v) is 3.00. The summed E-state index contributed by atoms with van der Waals surface area (Å²) in [5, 5.41) is 3.20. The van der Waals surface area contributed by atoms with E-state index in [1.54, 1.807) is 4.90 Å². The van der Waals surface area contributed by atoms with Crippen molar-refractivity contribution in [1.29, 1.82) is 0 Å². The van der Waals surface area contributed by atoms with E-state index in [9.17, 15) is 4.79 Å². The van der Waals surface area contributed by atoms with E-state index in [-0.39, 0.29) is 11.9 Å². The summed E-state index contributed by atoms with van der Waals surface area (Å²) in [6, 6.07) is 0.129. The first-order valence-electron chi connectivity index (χ1n) is 4.36. The Bertz CT molecular complexity index is 242. The molecule has 1 atom stereocenters. The van der Waals surface area contributed by atoms with Gasteiger partial charge in [0.2, 0.25) is 5.91 Å². The lowest BCUT2D eigenvalue weighted by Crippen LogP contribution is -2.53. The van der Waals surface area contributed by atoms with Crippen LogP contribution in [0.5, 0.6) is 0 Å². The van der Waals surface area contributed by atoms with Crippen molar-refractivity contribution in [3.05, 3.63) is 12.7 Å². The number of hydrogen-bond donors (Lipinski definition) is 1. The van der Waals surface area contributed by atoms with Gasteiger partial charge in [-0.3, -0.25) is 4.79 Å². The lowest BCUT2D eigenvalue weighted by atomic mass is 10.1. The first kappa shape index (κ1) is 9.82. The van der Waals surface area contributed by atoms with Crippen LogP contribution in [0, 0.1) is 12.3 Å². The minimum Gasteiger partial charge on any atom is -0.333 e. The highest BCUT2D eigenvalue weighted by Gasteiger charge is 2.23. The molecule has 1 heterocycles. The van der Waals surface area contributed by atoms with Gasteiger partial charge in [0.15, 0.2) is 0 Å². The van der Waals surface area contributed by atoms with Crippen LogP contribution in [0.3, 0.4) is 0 Å². The topological polar surface area (TPSA) is 32.3 Å². The Morgan fingerprint density at radius 1 is 1.85 bits per heavy atom. The van der Waals surface area contributed by atoms with Crippen LogP contribution < -0.4 is 5.32 Å². The molecule has 3 nitrogen and oxygen atoms in total. The molecule has 1 unspecified atom stereocenters. The van der Waals surface area contributed by atoms with Crippen molar-refractivity contribution in [3.63, 3.8) is 0 Å². The van der Waals surface area contributed by atoms with Crippen LogP contribution >= 0.6 is 0 Å². The molecule has 1 N–H and O–H groups in total. The highest BCUT2D eigenvalue weighted by atomic mass is 16.2. The fourth-order valence-corrected chi connectivity index (χ4v) is 1.49. The van der Waals surface area contributed by atoms with Gasteiger partial charge in [-0.15, -0.1) is 12.3 Å². The van der Waals surface area contributed by atoms with E-state index in [4.69, 9.17) is 6.42 Å². The Balaban J connectivity index is 2.62. The molecule has 1 amide bonds. The summed E-state index contributed by atoms with van der Waals surface area (Å²) in [7, 11) is 0. The molecular weight excluding hydrogens is 164 g/mol. The molecule has 0 bridgehead atoms. The zero-order chi connectivity index (χ0) is 9.68. The Hall–Kier alpha value is -1.27. The number of terminal acetylenes is 1. The van der Waals surface area contributed by atoms with Crippen molar-refractivity contribution in [1.82, 2.24) is 10.2 Å². The summed E-state index contributed by atoms with van der Waals surface area (Å²) in [6.07, 6.45) is 7.17. The van der Waals surface area contributed by atoms with E-state index in [1.807, 2.05) is 0 Å². The minimum atomic E-state index is -0.0262. The molecule has 3 heteroatoms. The zero-order valence-corrected chi connectivity index (χ0v) is 7.62. The summed E-state index contributed by atoms with van der Waals surface area (Å²) < 4.78 is 0. The smallest absolute Gasteiger partial charge is 0.246 e. The largest absolute Gasteiger partial charge is 0.333 e. The van der Waals surface area contributed by atoms with Crippen molar-refractivity contribution in [3.8, 4) is 12.3 Å². The van der Waals surface area contributed by atoms with Crippen molar-refractivity contribution in [2.24, 2.45) is 0 Å². The molecule has 0 saturated carbocycles. The van der Waals surface area contributed by atoms with Gasteiger partial charge >= 0.3 is 0 Å². The lowest BCUT2D eigenvalue weighted by molar-refractivity contribution is -0.128. The van der Waals surface area contributed by atoms with E-state index in [2.05, 4.69) is 17.8 Å². The number of nitrogens with one attached hydrogen (secondary N) is 1. The number of hydrogen-bond acceptors (Lipinski definition) is 2. The van der Waals surface area contributed by atoms with E-state index in [0.29, 0.717) is 6.42 Å². The maximum absolute atomic E-state index is 11.4. The van der Waals surface area contributed by atoms with Gasteiger partial charge in [-0.25, -0.2) is 0 Å². The number of carbonyl (C=O) groups is 1. The number of piperazine rings is 1. The molecule has 1 aliphatic rings. The summed E-state index contributed by atoms with van der Waals surface area (Å²) >= 11 is 0. The highest BCUT2D eigenvalue weighted by Crippen LogP contribution is 2.07. The molecule has 0 radical (unpaired) electrons. The monoisotopic (exact) mass is 178 g/mol.